The number of hydrogen-bond acceptors (Lipinski definition) is 12. The molecule has 49 heavy (non-hydrogen) atoms. The highest BCUT2D eigenvalue weighted by Gasteiger charge is 2.12. The van der Waals surface area contributed by atoms with Crippen LogP contribution in [0.15, 0.2) is 60.8 Å². The zero-order valence-corrected chi connectivity index (χ0v) is 29.2. The van der Waals surface area contributed by atoms with Crippen LogP contribution in [0.4, 0.5) is 5.69 Å². The number of methoxy groups -OCH3 is 3. The third kappa shape index (κ3) is 12.9. The zero-order valence-electron chi connectivity index (χ0n) is 28.4. The summed E-state index contributed by atoms with van der Waals surface area (Å²) >= 11 is 6.39. The fraction of sp³-hybridized carbons (Fsp3) is 0.444. The molecule has 0 aliphatic rings. The summed E-state index contributed by atoms with van der Waals surface area (Å²) in [6.07, 6.45) is 1.71. The summed E-state index contributed by atoms with van der Waals surface area (Å²) in [7, 11) is 4.92. The summed E-state index contributed by atoms with van der Waals surface area (Å²) in [5, 5.41) is 13.6. The maximum Gasteiger partial charge on any atom is 0.127 e. The van der Waals surface area contributed by atoms with E-state index in [2.05, 4.69) is 15.5 Å². The van der Waals surface area contributed by atoms with E-state index in [0.29, 0.717) is 96.6 Å². The average Bonchev–Trinajstić information content (AvgIpc) is 3.13. The fourth-order valence-electron chi connectivity index (χ4n) is 4.75. The number of halogens is 1. The molecule has 0 aliphatic carbocycles. The minimum atomic E-state index is 0.367. The molecule has 0 saturated heterocycles. The van der Waals surface area contributed by atoms with Gasteiger partial charge in [0.25, 0.3) is 0 Å². The van der Waals surface area contributed by atoms with Crippen molar-refractivity contribution >= 4 is 28.2 Å². The van der Waals surface area contributed by atoms with Crippen LogP contribution in [0.5, 0.6) is 17.2 Å². The number of anilines is 1. The van der Waals surface area contributed by atoms with Gasteiger partial charge in [0.1, 0.15) is 23.9 Å². The Bertz CT molecular complexity index is 1550. The first-order chi connectivity index (χ1) is 24.1. The van der Waals surface area contributed by atoms with Crippen molar-refractivity contribution in [2.45, 2.75) is 6.54 Å². The molecule has 0 fully saturated rings. The Morgan fingerprint density at radius 3 is 1.92 bits per heavy atom. The van der Waals surface area contributed by atoms with Crippen LogP contribution in [0, 0.1) is 0 Å². The van der Waals surface area contributed by atoms with Gasteiger partial charge < -0.3 is 47.9 Å². The lowest BCUT2D eigenvalue weighted by molar-refractivity contribution is -0.0159. The quantitative estimate of drug-likeness (QED) is 0.0856. The molecule has 13 heteroatoms. The molecule has 4 aromatic rings. The van der Waals surface area contributed by atoms with E-state index in [1.54, 1.807) is 33.6 Å². The van der Waals surface area contributed by atoms with Crippen molar-refractivity contribution in [3.63, 3.8) is 0 Å². The molecule has 0 unspecified atom stereocenters. The highest BCUT2D eigenvalue weighted by atomic mass is 35.5. The van der Waals surface area contributed by atoms with Crippen LogP contribution in [0.3, 0.4) is 0 Å². The summed E-state index contributed by atoms with van der Waals surface area (Å²) in [5.41, 5.74) is 4.33. The lowest BCUT2D eigenvalue weighted by atomic mass is 10.0. The van der Waals surface area contributed by atoms with Gasteiger partial charge in [0.2, 0.25) is 0 Å². The molecule has 1 aromatic heterocycles. The SMILES string of the molecule is COCCOCCOCCOCCOCCOCCOc1ccc(Cl)cc1-c1ccc2c(NCc3ccc(OC)cc3OC)cnnc2c1. The second-order valence-corrected chi connectivity index (χ2v) is 11.0. The van der Waals surface area contributed by atoms with E-state index in [0.717, 1.165) is 44.8 Å². The van der Waals surface area contributed by atoms with Gasteiger partial charge in [-0.1, -0.05) is 17.7 Å². The van der Waals surface area contributed by atoms with E-state index in [1.165, 1.54) is 0 Å². The van der Waals surface area contributed by atoms with Gasteiger partial charge in [-0.2, -0.15) is 10.2 Å². The van der Waals surface area contributed by atoms with Gasteiger partial charge in [-0.25, -0.2) is 0 Å². The van der Waals surface area contributed by atoms with E-state index in [9.17, 15) is 0 Å². The maximum absolute atomic E-state index is 6.39. The van der Waals surface area contributed by atoms with Crippen LogP contribution >= 0.6 is 11.6 Å². The molecule has 1 N–H and O–H groups in total. The molecule has 0 atom stereocenters. The Balaban J connectivity index is 1.18. The Labute approximate surface area is 292 Å². The second kappa shape index (κ2) is 22.1. The third-order valence-corrected chi connectivity index (χ3v) is 7.50. The highest BCUT2D eigenvalue weighted by Crippen LogP contribution is 2.35. The first-order valence-electron chi connectivity index (χ1n) is 16.1. The standard InChI is InChI=1S/C36H46ClN3O9/c1-41-10-11-44-12-13-45-14-15-46-16-17-47-18-19-48-20-21-49-35-9-6-29(37)23-32(35)27-5-8-31-33(22-27)40-39-26-34(31)38-25-28-4-7-30(42-2)24-36(28)43-3/h4-9,22-24,26H,10-21,25H2,1-3H3,(H,38,40). The first kappa shape index (κ1) is 38.1. The number of fused-ring (bicyclic) bond motifs is 1. The lowest BCUT2D eigenvalue weighted by Crippen LogP contribution is -2.14. The van der Waals surface area contributed by atoms with Crippen LogP contribution in [0.25, 0.3) is 22.0 Å². The molecule has 1 heterocycles. The molecule has 12 nitrogen and oxygen atoms in total. The lowest BCUT2D eigenvalue weighted by Gasteiger charge is -2.15. The molecule has 3 aromatic carbocycles. The first-order valence-corrected chi connectivity index (χ1v) is 16.5. The van der Waals surface area contributed by atoms with Crippen molar-refractivity contribution in [1.29, 1.82) is 0 Å². The summed E-state index contributed by atoms with van der Waals surface area (Å²) in [4.78, 5) is 0. The number of ether oxygens (including phenoxy) is 9. The van der Waals surface area contributed by atoms with Gasteiger partial charge in [-0.15, -0.1) is 0 Å². The van der Waals surface area contributed by atoms with Gasteiger partial charge >= 0.3 is 0 Å². The van der Waals surface area contributed by atoms with Gasteiger partial charge in [0, 0.05) is 41.3 Å². The highest BCUT2D eigenvalue weighted by molar-refractivity contribution is 6.31. The minimum Gasteiger partial charge on any atom is -0.497 e. The Morgan fingerprint density at radius 2 is 1.29 bits per heavy atom. The smallest absolute Gasteiger partial charge is 0.127 e. The molecule has 0 saturated carbocycles. The van der Waals surface area contributed by atoms with E-state index < -0.39 is 0 Å². The summed E-state index contributed by atoms with van der Waals surface area (Å²) < 4.78 is 49.4. The number of rotatable bonds is 25. The second-order valence-electron chi connectivity index (χ2n) is 10.6. The van der Waals surface area contributed by atoms with E-state index >= 15 is 0 Å². The Kier molecular flexibility index (Phi) is 17.1. The predicted molar refractivity (Wildman–Crippen MR) is 188 cm³/mol. The number of nitrogens with zero attached hydrogens (tertiary/aromatic N) is 2. The van der Waals surface area contributed by atoms with Crippen molar-refractivity contribution in [2.24, 2.45) is 0 Å². The zero-order chi connectivity index (χ0) is 34.5. The van der Waals surface area contributed by atoms with Crippen molar-refractivity contribution < 1.29 is 42.6 Å². The van der Waals surface area contributed by atoms with Crippen LogP contribution < -0.4 is 19.5 Å². The molecule has 0 aliphatic heterocycles. The molecular weight excluding hydrogens is 654 g/mol. The van der Waals surface area contributed by atoms with E-state index in [4.69, 9.17) is 54.2 Å². The van der Waals surface area contributed by atoms with Crippen LogP contribution in [0.1, 0.15) is 5.56 Å². The van der Waals surface area contributed by atoms with Crippen LogP contribution in [-0.4, -0.2) is 111 Å². The monoisotopic (exact) mass is 699 g/mol. The Morgan fingerprint density at radius 1 is 0.633 bits per heavy atom. The Hall–Kier alpha value is -3.75. The van der Waals surface area contributed by atoms with Gasteiger partial charge in [0.05, 0.1) is 104 Å². The minimum absolute atomic E-state index is 0.367. The summed E-state index contributed by atoms with van der Waals surface area (Å²) in [6, 6.07) is 17.3. The molecule has 266 valence electrons. The fourth-order valence-corrected chi connectivity index (χ4v) is 4.92. The van der Waals surface area contributed by atoms with Crippen LogP contribution in [-0.2, 0) is 35.0 Å². The largest absolute Gasteiger partial charge is 0.497 e. The van der Waals surface area contributed by atoms with Gasteiger partial charge in [0.15, 0.2) is 0 Å². The number of benzene rings is 3. The molecule has 4 rings (SSSR count). The summed E-state index contributed by atoms with van der Waals surface area (Å²) in [5.74, 6) is 2.17. The van der Waals surface area contributed by atoms with Crippen molar-refractivity contribution in [1.82, 2.24) is 10.2 Å². The van der Waals surface area contributed by atoms with Crippen molar-refractivity contribution in [2.75, 3.05) is 106 Å². The number of hydrogen-bond donors (Lipinski definition) is 1. The third-order valence-electron chi connectivity index (χ3n) is 7.26. The topological polar surface area (TPSA) is 121 Å². The van der Waals surface area contributed by atoms with Gasteiger partial charge in [-0.05, 0) is 48.0 Å². The number of nitrogens with one attached hydrogen (secondary N) is 1. The molecule has 0 spiro atoms. The number of aromatic nitrogens is 2. The van der Waals surface area contributed by atoms with Crippen molar-refractivity contribution in [3.05, 3.63) is 71.4 Å². The van der Waals surface area contributed by atoms with E-state index in [-0.39, 0.29) is 0 Å². The summed E-state index contributed by atoms with van der Waals surface area (Å²) in [6.45, 7) is 6.46. The van der Waals surface area contributed by atoms with E-state index in [1.807, 2.05) is 48.5 Å². The van der Waals surface area contributed by atoms with Crippen LogP contribution in [0.2, 0.25) is 5.02 Å². The van der Waals surface area contributed by atoms with Gasteiger partial charge in [-0.3, -0.25) is 0 Å². The molecule has 0 radical (unpaired) electrons. The normalized spacial score (nSPS) is 11.2. The maximum atomic E-state index is 6.39. The molecular formula is C36H46ClN3O9. The molecule has 0 bridgehead atoms. The average molecular weight is 700 g/mol. The van der Waals surface area contributed by atoms with Crippen molar-refractivity contribution in [3.8, 4) is 28.4 Å². The molecule has 0 amide bonds. The predicted octanol–water partition coefficient (Wildman–Crippen LogP) is 5.69.